The first-order chi connectivity index (χ1) is 9.56. The molecule has 3 aromatic rings. The molecule has 2 aromatic heterocycles. The van der Waals surface area contributed by atoms with E-state index in [1.165, 1.54) is 13.2 Å². The van der Waals surface area contributed by atoms with Gasteiger partial charge in [-0.2, -0.15) is 0 Å². The van der Waals surface area contributed by atoms with Crippen molar-refractivity contribution in [1.29, 1.82) is 0 Å². The van der Waals surface area contributed by atoms with Gasteiger partial charge in [0.25, 0.3) is 0 Å². The first-order valence-corrected chi connectivity index (χ1v) is 6.30. The summed E-state index contributed by atoms with van der Waals surface area (Å²) in [7, 11) is 1.52. The van der Waals surface area contributed by atoms with Gasteiger partial charge in [0, 0.05) is 28.9 Å². The first kappa shape index (κ1) is 15.4. The number of hydrogen-bond acceptors (Lipinski definition) is 5. The van der Waals surface area contributed by atoms with Crippen LogP contribution < -0.4 is 16.1 Å². The van der Waals surface area contributed by atoms with Gasteiger partial charge < -0.3 is 19.3 Å². The number of fused-ring (bicyclic) bond motifs is 2. The van der Waals surface area contributed by atoms with Gasteiger partial charge in [-0.1, -0.05) is 0 Å². The van der Waals surface area contributed by atoms with Crippen LogP contribution in [0.3, 0.4) is 0 Å². The molecule has 0 atom stereocenters. The van der Waals surface area contributed by atoms with Crippen molar-refractivity contribution >= 4 is 34.3 Å². The minimum absolute atomic E-state index is 0. The first-order valence-electron chi connectivity index (χ1n) is 6.30. The summed E-state index contributed by atoms with van der Waals surface area (Å²) in [5, 5.41) is 1.72. The summed E-state index contributed by atoms with van der Waals surface area (Å²) in [6.07, 6.45) is 0. The van der Waals surface area contributed by atoms with E-state index in [9.17, 15) is 4.79 Å². The Morgan fingerprint density at radius 3 is 2.43 bits per heavy atom. The summed E-state index contributed by atoms with van der Waals surface area (Å²) in [6.45, 7) is 4.10. The van der Waals surface area contributed by atoms with Crippen LogP contribution in [-0.2, 0) is 6.54 Å². The topological polar surface area (TPSA) is 78.6 Å². The van der Waals surface area contributed by atoms with Crippen LogP contribution >= 0.6 is 12.4 Å². The summed E-state index contributed by atoms with van der Waals surface area (Å²) in [4.78, 5) is 11.6. The van der Waals surface area contributed by atoms with Crippen molar-refractivity contribution < 1.29 is 13.6 Å². The molecule has 0 unspecified atom stereocenters. The van der Waals surface area contributed by atoms with Gasteiger partial charge in [0.2, 0.25) is 5.75 Å². The molecule has 0 bridgehead atoms. The van der Waals surface area contributed by atoms with E-state index in [1.54, 1.807) is 0 Å². The number of benzene rings is 1. The fourth-order valence-electron chi connectivity index (χ4n) is 2.57. The van der Waals surface area contributed by atoms with Crippen molar-refractivity contribution in [2.75, 3.05) is 7.11 Å². The van der Waals surface area contributed by atoms with Crippen molar-refractivity contribution in [3.05, 3.63) is 39.4 Å². The monoisotopic (exact) mass is 309 g/mol. The predicted octanol–water partition coefficient (Wildman–Crippen LogP) is 3.05. The van der Waals surface area contributed by atoms with Crippen molar-refractivity contribution in [2.24, 2.45) is 5.73 Å². The van der Waals surface area contributed by atoms with E-state index in [1.807, 2.05) is 19.9 Å². The second kappa shape index (κ2) is 5.42. The van der Waals surface area contributed by atoms with E-state index in [-0.39, 0.29) is 12.4 Å². The lowest BCUT2D eigenvalue weighted by Gasteiger charge is -2.07. The largest absolute Gasteiger partial charge is 0.490 e. The molecule has 0 amide bonds. The zero-order valence-electron chi connectivity index (χ0n) is 12.0. The zero-order chi connectivity index (χ0) is 14.4. The quantitative estimate of drug-likeness (QED) is 0.736. The lowest BCUT2D eigenvalue weighted by atomic mass is 10.0. The number of nitrogens with two attached hydrogens (primary N) is 1. The van der Waals surface area contributed by atoms with Crippen LogP contribution in [0, 0.1) is 13.8 Å². The Balaban J connectivity index is 0.00000161. The van der Waals surface area contributed by atoms with E-state index < -0.39 is 5.63 Å². The van der Waals surface area contributed by atoms with Crippen molar-refractivity contribution in [3.63, 3.8) is 0 Å². The van der Waals surface area contributed by atoms with Crippen LogP contribution in [0.4, 0.5) is 0 Å². The fraction of sp³-hybridized carbons (Fsp3) is 0.267. The third kappa shape index (κ3) is 2.18. The highest BCUT2D eigenvalue weighted by Crippen LogP contribution is 2.39. The summed E-state index contributed by atoms with van der Waals surface area (Å²) in [6, 6.07) is 3.40. The molecule has 2 N–H and O–H groups in total. The Labute approximate surface area is 127 Å². The molecule has 6 heteroatoms. The Hall–Kier alpha value is -1.98. The molecule has 3 rings (SSSR count). The van der Waals surface area contributed by atoms with Crippen LogP contribution in [0.1, 0.15) is 16.9 Å². The van der Waals surface area contributed by atoms with Crippen LogP contribution in [0.25, 0.3) is 21.9 Å². The second-order valence-electron chi connectivity index (χ2n) is 4.75. The predicted molar refractivity (Wildman–Crippen MR) is 83.4 cm³/mol. The van der Waals surface area contributed by atoms with E-state index in [4.69, 9.17) is 19.3 Å². The number of ether oxygens (including phenoxy) is 1. The third-order valence-electron chi connectivity index (χ3n) is 3.57. The Morgan fingerprint density at radius 1 is 1.14 bits per heavy atom. The molecule has 0 radical (unpaired) electrons. The maximum Gasteiger partial charge on any atom is 0.336 e. The third-order valence-corrected chi connectivity index (χ3v) is 3.57. The molecule has 0 fully saturated rings. The van der Waals surface area contributed by atoms with Gasteiger partial charge in [-0.15, -0.1) is 12.4 Å². The molecule has 5 nitrogen and oxygen atoms in total. The second-order valence-corrected chi connectivity index (χ2v) is 4.75. The van der Waals surface area contributed by atoms with Crippen molar-refractivity contribution in [2.45, 2.75) is 20.4 Å². The van der Waals surface area contributed by atoms with Gasteiger partial charge in [-0.05, 0) is 25.5 Å². The molecular formula is C15H16ClNO4. The van der Waals surface area contributed by atoms with E-state index in [2.05, 4.69) is 0 Å². The van der Waals surface area contributed by atoms with E-state index in [0.29, 0.717) is 23.5 Å². The molecule has 0 aliphatic heterocycles. The lowest BCUT2D eigenvalue weighted by molar-refractivity contribution is 0.401. The van der Waals surface area contributed by atoms with Crippen LogP contribution in [0.5, 0.6) is 5.75 Å². The highest BCUT2D eigenvalue weighted by molar-refractivity contribution is 6.02. The Kier molecular flexibility index (Phi) is 3.98. The average molecular weight is 310 g/mol. The maximum absolute atomic E-state index is 11.6. The molecular weight excluding hydrogens is 294 g/mol. The average Bonchev–Trinajstić information content (AvgIpc) is 2.71. The van der Waals surface area contributed by atoms with Crippen LogP contribution in [0.2, 0.25) is 0 Å². The Bertz CT molecular complexity index is 879. The lowest BCUT2D eigenvalue weighted by Crippen LogP contribution is -2.00. The number of hydrogen-bond donors (Lipinski definition) is 1. The van der Waals surface area contributed by atoms with Crippen molar-refractivity contribution in [1.82, 2.24) is 0 Å². The number of methoxy groups -OCH3 is 1. The van der Waals surface area contributed by atoms with E-state index >= 15 is 0 Å². The van der Waals surface area contributed by atoms with Gasteiger partial charge in [0.1, 0.15) is 5.76 Å². The molecule has 0 spiro atoms. The minimum Gasteiger partial charge on any atom is -0.490 e. The molecule has 2 heterocycles. The molecule has 0 saturated carbocycles. The molecule has 0 aliphatic carbocycles. The standard InChI is InChI=1S/C15H15NO4.ClH/c1-7-4-12(17)20-13-9(7)5-10-11(6-16)8(2)19-14(10)15(13)18-3;/h4-5H,6,16H2,1-3H3;1H. The van der Waals surface area contributed by atoms with Gasteiger partial charge in [0.15, 0.2) is 11.2 Å². The number of halogens is 1. The minimum atomic E-state index is -0.407. The fourth-order valence-corrected chi connectivity index (χ4v) is 2.57. The van der Waals surface area contributed by atoms with Crippen molar-refractivity contribution in [3.8, 4) is 5.75 Å². The zero-order valence-corrected chi connectivity index (χ0v) is 12.8. The summed E-state index contributed by atoms with van der Waals surface area (Å²) in [5.41, 5.74) is 8.11. The van der Waals surface area contributed by atoms with Gasteiger partial charge >= 0.3 is 5.63 Å². The number of furan rings is 1. The highest BCUT2D eigenvalue weighted by atomic mass is 35.5. The smallest absolute Gasteiger partial charge is 0.336 e. The van der Waals surface area contributed by atoms with Gasteiger partial charge in [-0.25, -0.2) is 4.79 Å². The van der Waals surface area contributed by atoms with Crippen LogP contribution in [0.15, 0.2) is 25.8 Å². The molecule has 112 valence electrons. The van der Waals surface area contributed by atoms with Gasteiger partial charge in [0.05, 0.1) is 7.11 Å². The van der Waals surface area contributed by atoms with Crippen LogP contribution in [-0.4, -0.2) is 7.11 Å². The molecule has 0 saturated heterocycles. The van der Waals surface area contributed by atoms with E-state index in [0.717, 1.165) is 27.7 Å². The summed E-state index contributed by atoms with van der Waals surface area (Å²) < 4.78 is 16.4. The maximum atomic E-state index is 11.6. The molecule has 1 aromatic carbocycles. The molecule has 0 aliphatic rings. The Morgan fingerprint density at radius 2 is 1.81 bits per heavy atom. The number of aryl methyl sites for hydroxylation is 2. The number of rotatable bonds is 2. The SMILES string of the molecule is COc1c2oc(=O)cc(C)c2cc2c(CN)c(C)oc12.Cl. The highest BCUT2D eigenvalue weighted by Gasteiger charge is 2.19. The molecule has 21 heavy (non-hydrogen) atoms. The summed E-state index contributed by atoms with van der Waals surface area (Å²) >= 11 is 0. The van der Waals surface area contributed by atoms with Gasteiger partial charge in [-0.3, -0.25) is 0 Å². The normalized spacial score (nSPS) is 10.9. The summed E-state index contributed by atoms with van der Waals surface area (Å²) in [5.74, 6) is 1.18.